The Hall–Kier alpha value is -1.93. The van der Waals surface area contributed by atoms with Crippen molar-refractivity contribution >= 4 is 11.7 Å². The Kier molecular flexibility index (Phi) is 4.75. The first-order chi connectivity index (χ1) is 9.45. The summed E-state index contributed by atoms with van der Waals surface area (Å²) in [5.74, 6) is -1.37. The minimum absolute atomic E-state index is 0.00701. The molecular formula is C12H11F6NO2. The van der Waals surface area contributed by atoms with Crippen LogP contribution in [0.5, 0.6) is 0 Å². The predicted octanol–water partition coefficient (Wildman–Crippen LogP) is 4.00. The second-order valence-electron chi connectivity index (χ2n) is 4.24. The summed E-state index contributed by atoms with van der Waals surface area (Å²) in [4.78, 5) is 10.8. The summed E-state index contributed by atoms with van der Waals surface area (Å²) >= 11 is 0. The molecule has 1 atom stereocenters. The molecule has 0 aliphatic carbocycles. The molecule has 21 heavy (non-hydrogen) atoms. The maximum atomic E-state index is 12.6. The highest BCUT2D eigenvalue weighted by Crippen LogP contribution is 2.37. The number of nitrogens with one attached hydrogen (secondary N) is 1. The molecule has 0 saturated heterocycles. The van der Waals surface area contributed by atoms with Gasteiger partial charge in [-0.2, -0.15) is 26.3 Å². The number of anilines is 1. The van der Waals surface area contributed by atoms with E-state index in [4.69, 9.17) is 5.11 Å². The number of rotatable bonds is 4. The van der Waals surface area contributed by atoms with Crippen LogP contribution in [0.25, 0.3) is 0 Å². The second-order valence-corrected chi connectivity index (χ2v) is 4.24. The van der Waals surface area contributed by atoms with Crippen LogP contribution in [0.3, 0.4) is 0 Å². The minimum atomic E-state index is -4.97. The first kappa shape index (κ1) is 17.1. The van der Waals surface area contributed by atoms with Gasteiger partial charge in [-0.05, 0) is 24.6 Å². The van der Waals surface area contributed by atoms with Crippen LogP contribution in [-0.4, -0.2) is 17.1 Å². The lowest BCUT2D eigenvalue weighted by atomic mass is 10.1. The van der Waals surface area contributed by atoms with Gasteiger partial charge in [0, 0.05) is 5.69 Å². The van der Waals surface area contributed by atoms with Gasteiger partial charge in [0.2, 0.25) is 0 Å². The number of benzene rings is 1. The van der Waals surface area contributed by atoms with Crippen molar-refractivity contribution < 1.29 is 36.2 Å². The van der Waals surface area contributed by atoms with Crippen molar-refractivity contribution in [2.45, 2.75) is 31.7 Å². The number of hydrogen-bond acceptors (Lipinski definition) is 2. The van der Waals surface area contributed by atoms with Crippen molar-refractivity contribution in [1.82, 2.24) is 0 Å². The number of carbonyl (C=O) groups is 1. The van der Waals surface area contributed by atoms with Gasteiger partial charge in [0.15, 0.2) is 0 Å². The fourth-order valence-corrected chi connectivity index (χ4v) is 1.58. The monoisotopic (exact) mass is 315 g/mol. The molecule has 0 bridgehead atoms. The highest BCUT2D eigenvalue weighted by atomic mass is 19.4. The third kappa shape index (κ3) is 4.54. The van der Waals surface area contributed by atoms with Crippen molar-refractivity contribution in [2.75, 3.05) is 5.32 Å². The predicted molar refractivity (Wildman–Crippen MR) is 61.8 cm³/mol. The van der Waals surface area contributed by atoms with Crippen molar-refractivity contribution in [1.29, 1.82) is 0 Å². The zero-order chi connectivity index (χ0) is 16.4. The van der Waals surface area contributed by atoms with E-state index in [-0.39, 0.29) is 12.5 Å². The van der Waals surface area contributed by atoms with Gasteiger partial charge in [0.25, 0.3) is 0 Å². The molecule has 3 nitrogen and oxygen atoms in total. The molecule has 1 rings (SSSR count). The fourth-order valence-electron chi connectivity index (χ4n) is 1.58. The number of hydrogen-bond donors (Lipinski definition) is 2. The average Bonchev–Trinajstić information content (AvgIpc) is 2.33. The number of carboxylic acid groups (broad SMARTS) is 1. The Morgan fingerprint density at radius 1 is 1.10 bits per heavy atom. The number of alkyl halides is 6. The van der Waals surface area contributed by atoms with Crippen LogP contribution in [0.2, 0.25) is 0 Å². The molecule has 0 saturated carbocycles. The largest absolute Gasteiger partial charge is 0.480 e. The lowest BCUT2D eigenvalue weighted by Crippen LogP contribution is -2.28. The first-order valence-electron chi connectivity index (χ1n) is 5.74. The molecule has 0 radical (unpaired) electrons. The number of aliphatic carboxylic acids is 1. The molecular weight excluding hydrogens is 304 g/mol. The molecule has 1 unspecified atom stereocenters. The van der Waals surface area contributed by atoms with E-state index in [0.29, 0.717) is 12.1 Å². The Morgan fingerprint density at radius 2 is 1.52 bits per heavy atom. The zero-order valence-corrected chi connectivity index (χ0v) is 10.6. The molecule has 0 fully saturated rings. The van der Waals surface area contributed by atoms with Crippen molar-refractivity contribution in [3.05, 3.63) is 29.3 Å². The van der Waals surface area contributed by atoms with E-state index in [1.165, 1.54) is 6.92 Å². The molecule has 1 aromatic rings. The molecule has 0 aliphatic rings. The van der Waals surface area contributed by atoms with E-state index in [1.807, 2.05) is 0 Å². The van der Waals surface area contributed by atoms with Crippen LogP contribution in [0, 0.1) is 0 Å². The molecule has 0 amide bonds. The Morgan fingerprint density at radius 3 is 1.81 bits per heavy atom. The van der Waals surface area contributed by atoms with Gasteiger partial charge in [-0.1, -0.05) is 6.92 Å². The third-order valence-corrected chi connectivity index (χ3v) is 2.63. The summed E-state index contributed by atoms with van der Waals surface area (Å²) in [6, 6.07) is -0.413. The quantitative estimate of drug-likeness (QED) is 0.826. The third-order valence-electron chi connectivity index (χ3n) is 2.63. The van der Waals surface area contributed by atoms with Crippen LogP contribution in [0.1, 0.15) is 24.5 Å². The van der Waals surface area contributed by atoms with Crippen LogP contribution < -0.4 is 5.32 Å². The molecule has 9 heteroatoms. The van der Waals surface area contributed by atoms with Crippen LogP contribution >= 0.6 is 0 Å². The van der Waals surface area contributed by atoms with Crippen LogP contribution in [0.15, 0.2) is 18.2 Å². The fraction of sp³-hybridized carbons (Fsp3) is 0.417. The van der Waals surface area contributed by atoms with E-state index in [1.54, 1.807) is 0 Å². The van der Waals surface area contributed by atoms with Crippen LogP contribution in [0.4, 0.5) is 32.0 Å². The molecule has 0 aromatic heterocycles. The van der Waals surface area contributed by atoms with E-state index in [9.17, 15) is 31.1 Å². The summed E-state index contributed by atoms with van der Waals surface area (Å²) in [6.45, 7) is 1.43. The Balaban J connectivity index is 3.29. The van der Waals surface area contributed by atoms with E-state index in [0.717, 1.165) is 0 Å². The highest BCUT2D eigenvalue weighted by molar-refractivity contribution is 5.77. The van der Waals surface area contributed by atoms with Gasteiger partial charge in [-0.3, -0.25) is 0 Å². The molecule has 118 valence electrons. The van der Waals surface area contributed by atoms with Gasteiger partial charge in [0.05, 0.1) is 11.1 Å². The number of carboxylic acids is 1. The Labute approximate surface area is 115 Å². The van der Waals surface area contributed by atoms with Crippen molar-refractivity contribution in [3.63, 3.8) is 0 Å². The molecule has 0 aliphatic heterocycles. The van der Waals surface area contributed by atoms with Crippen molar-refractivity contribution in [3.8, 4) is 0 Å². The van der Waals surface area contributed by atoms with Gasteiger partial charge in [0.1, 0.15) is 6.04 Å². The highest BCUT2D eigenvalue weighted by Gasteiger charge is 2.37. The van der Waals surface area contributed by atoms with Gasteiger partial charge in [-0.15, -0.1) is 0 Å². The smallest absolute Gasteiger partial charge is 0.416 e. The zero-order valence-electron chi connectivity index (χ0n) is 10.6. The summed E-state index contributed by atoms with van der Waals surface area (Å²) in [5.41, 5.74) is -3.55. The molecule has 2 N–H and O–H groups in total. The van der Waals surface area contributed by atoms with Gasteiger partial charge in [-0.25, -0.2) is 4.79 Å². The van der Waals surface area contributed by atoms with Crippen molar-refractivity contribution in [2.24, 2.45) is 0 Å². The summed E-state index contributed by atoms with van der Waals surface area (Å²) in [7, 11) is 0. The van der Waals surface area contributed by atoms with E-state index in [2.05, 4.69) is 5.32 Å². The molecule has 0 spiro atoms. The maximum absolute atomic E-state index is 12.6. The normalized spacial score (nSPS) is 13.9. The first-order valence-corrected chi connectivity index (χ1v) is 5.74. The van der Waals surface area contributed by atoms with E-state index >= 15 is 0 Å². The lowest BCUT2D eigenvalue weighted by Gasteiger charge is -2.18. The van der Waals surface area contributed by atoms with Gasteiger partial charge < -0.3 is 10.4 Å². The summed E-state index contributed by atoms with van der Waals surface area (Å²) in [5, 5.41) is 10.9. The second kappa shape index (κ2) is 5.82. The van der Waals surface area contributed by atoms with Gasteiger partial charge >= 0.3 is 18.3 Å². The average molecular weight is 315 g/mol. The Bertz CT molecular complexity index is 491. The minimum Gasteiger partial charge on any atom is -0.480 e. The molecule has 1 aromatic carbocycles. The lowest BCUT2D eigenvalue weighted by molar-refractivity contribution is -0.143. The summed E-state index contributed by atoms with van der Waals surface area (Å²) < 4.78 is 75.6. The summed E-state index contributed by atoms with van der Waals surface area (Å²) in [6.07, 6.45) is -9.95. The maximum Gasteiger partial charge on any atom is 0.416 e. The standard InChI is InChI=1S/C12H11F6NO2/c1-2-9(10(20)21)19-8-4-6(11(13,14)15)3-7(5-8)12(16,17)18/h3-5,9,19H,2H2,1H3,(H,20,21). The number of halogens is 6. The van der Waals surface area contributed by atoms with Crippen LogP contribution in [-0.2, 0) is 17.1 Å². The SMILES string of the molecule is CCC(Nc1cc(C(F)(F)F)cc(C(F)(F)F)c1)C(=O)O. The topological polar surface area (TPSA) is 49.3 Å². The molecule has 0 heterocycles. The van der Waals surface area contributed by atoms with E-state index < -0.39 is 41.2 Å².